The van der Waals surface area contributed by atoms with Gasteiger partial charge < -0.3 is 9.84 Å². The van der Waals surface area contributed by atoms with Crippen LogP contribution in [0.4, 0.5) is 54.8 Å². The van der Waals surface area contributed by atoms with E-state index in [-0.39, 0.29) is 23.7 Å². The summed E-state index contributed by atoms with van der Waals surface area (Å²) in [5.74, 6) is -0.408. The maximum Gasteiger partial charge on any atom is 0.416 e. The van der Waals surface area contributed by atoms with Crippen molar-refractivity contribution >= 4 is 17.9 Å². The number of fused-ring (bicyclic) bond motifs is 1. The number of hydrogen-bond donors (Lipinski definition) is 1. The predicted molar refractivity (Wildman–Crippen MR) is 127 cm³/mol. The van der Waals surface area contributed by atoms with Gasteiger partial charge in [-0.05, 0) is 59.9 Å². The molecule has 1 N–H and O–H groups in total. The van der Waals surface area contributed by atoms with Gasteiger partial charge in [-0.25, -0.2) is 9.59 Å². The van der Waals surface area contributed by atoms with Crippen LogP contribution in [0.2, 0.25) is 0 Å². The molecule has 2 aromatic carbocycles. The van der Waals surface area contributed by atoms with Crippen LogP contribution in [-0.2, 0) is 29.8 Å². The number of rotatable bonds is 5. The lowest BCUT2D eigenvalue weighted by Gasteiger charge is -2.45. The van der Waals surface area contributed by atoms with Gasteiger partial charge in [0.2, 0.25) is 0 Å². The largest absolute Gasteiger partial charge is 0.465 e. The quantitative estimate of drug-likeness (QED) is 0.350. The summed E-state index contributed by atoms with van der Waals surface area (Å²) in [4.78, 5) is 26.7. The summed E-state index contributed by atoms with van der Waals surface area (Å²) in [5.41, 5.74) is -5.63. The van der Waals surface area contributed by atoms with E-state index < -0.39 is 77.5 Å². The van der Waals surface area contributed by atoms with Crippen molar-refractivity contribution in [2.24, 2.45) is 5.92 Å². The van der Waals surface area contributed by atoms with Gasteiger partial charge in [-0.2, -0.15) is 39.5 Å². The van der Waals surface area contributed by atoms with E-state index in [1.165, 1.54) is 0 Å². The summed E-state index contributed by atoms with van der Waals surface area (Å²) in [5, 5.41) is 9.94. The Morgan fingerprint density at radius 1 is 0.951 bits per heavy atom. The molecule has 0 saturated carbocycles. The second-order valence-corrected chi connectivity index (χ2v) is 9.64. The van der Waals surface area contributed by atoms with Crippen molar-refractivity contribution in [2.45, 2.75) is 63.8 Å². The molecule has 1 aliphatic heterocycles. The number of carbonyl (C=O) groups excluding carboxylic acids is 1. The van der Waals surface area contributed by atoms with Crippen LogP contribution >= 0.6 is 0 Å². The molecule has 3 rings (SSSR count). The van der Waals surface area contributed by atoms with Crippen LogP contribution in [0.5, 0.6) is 0 Å². The van der Waals surface area contributed by atoms with Crippen molar-refractivity contribution in [1.29, 1.82) is 0 Å². The van der Waals surface area contributed by atoms with Gasteiger partial charge in [0, 0.05) is 12.6 Å². The fraction of sp³-hybridized carbons (Fsp3) is 0.462. The molecule has 6 nitrogen and oxygen atoms in total. The number of amides is 2. The van der Waals surface area contributed by atoms with E-state index in [1.54, 1.807) is 13.8 Å². The fourth-order valence-corrected chi connectivity index (χ4v) is 4.88. The van der Waals surface area contributed by atoms with Crippen LogP contribution in [-0.4, -0.2) is 35.3 Å². The predicted octanol–water partition coefficient (Wildman–Crippen LogP) is 8.36. The Morgan fingerprint density at radius 3 is 1.93 bits per heavy atom. The summed E-state index contributed by atoms with van der Waals surface area (Å²) < 4.78 is 126. The van der Waals surface area contributed by atoms with Gasteiger partial charge in [0.15, 0.2) is 0 Å². The highest BCUT2D eigenvalue weighted by Crippen LogP contribution is 2.46. The number of methoxy groups -OCH3 is 1. The molecule has 0 aliphatic carbocycles. The molecule has 1 heterocycles. The zero-order chi connectivity index (χ0) is 31.1. The van der Waals surface area contributed by atoms with E-state index in [0.29, 0.717) is 35.6 Å². The fourth-order valence-electron chi connectivity index (χ4n) is 4.88. The van der Waals surface area contributed by atoms with Crippen molar-refractivity contribution in [3.05, 3.63) is 64.2 Å². The Labute approximate surface area is 228 Å². The number of halogens is 9. The lowest BCUT2D eigenvalue weighted by atomic mass is 9.83. The van der Waals surface area contributed by atoms with Crippen molar-refractivity contribution in [1.82, 2.24) is 4.90 Å². The summed E-state index contributed by atoms with van der Waals surface area (Å²) in [6.07, 6.45) is -17.9. The molecule has 0 spiro atoms. The number of alkyl halides is 9. The Bertz CT molecular complexity index is 1260. The highest BCUT2D eigenvalue weighted by atomic mass is 19.4. The zero-order valence-electron chi connectivity index (χ0n) is 21.8. The first-order valence-electron chi connectivity index (χ1n) is 12.2. The maximum absolute atomic E-state index is 13.6. The minimum Gasteiger partial charge on any atom is -0.465 e. The first kappa shape index (κ1) is 31.9. The number of carbonyl (C=O) groups is 2. The van der Waals surface area contributed by atoms with Gasteiger partial charge in [-0.15, -0.1) is 0 Å². The number of nitrogens with zero attached hydrogens (tertiary/aromatic N) is 2. The van der Waals surface area contributed by atoms with E-state index in [2.05, 4.69) is 0 Å². The molecular weight excluding hydrogens is 575 g/mol. The number of hydrogen-bond acceptors (Lipinski definition) is 3. The first-order valence-corrected chi connectivity index (χ1v) is 12.2. The standard InChI is InChI=1S/C26H25F9N2O4/c1-4-13(2)20-11-21(18-10-15(24(27,28)29)5-6-19(18)37(20)22(38)39)36(23(40)41-3)12-14-7-16(25(30,31)32)9-17(8-14)26(33,34)35/h5-10,13,20-21H,4,11-12H2,1-3H3,(H,38,39)/t13?,20-,21-/m0/s1. The van der Waals surface area contributed by atoms with Gasteiger partial charge in [-0.3, -0.25) is 9.80 Å². The third-order valence-corrected chi connectivity index (χ3v) is 7.06. The Morgan fingerprint density at radius 2 is 1.49 bits per heavy atom. The minimum atomic E-state index is -5.19. The van der Waals surface area contributed by atoms with Crippen molar-refractivity contribution in [3.8, 4) is 0 Å². The number of ether oxygens (including phenoxy) is 1. The SMILES string of the molecule is CCC(C)[C@@H]1C[C@H](N(Cc2cc(C(F)(F)F)cc(C(F)(F)F)c2)C(=O)OC)c2cc(C(F)(F)F)ccc2N1C(=O)O. The Balaban J connectivity index is 2.26. The van der Waals surface area contributed by atoms with Crippen LogP contribution in [0.1, 0.15) is 60.5 Å². The molecule has 0 fully saturated rings. The summed E-state index contributed by atoms with van der Waals surface area (Å²) in [6.45, 7) is 2.47. The molecule has 0 aromatic heterocycles. The van der Waals surface area contributed by atoms with Crippen LogP contribution in [0, 0.1) is 5.92 Å². The monoisotopic (exact) mass is 600 g/mol. The average molecular weight is 600 g/mol. The van der Waals surface area contributed by atoms with Crippen molar-refractivity contribution in [2.75, 3.05) is 12.0 Å². The zero-order valence-corrected chi connectivity index (χ0v) is 21.8. The molecule has 3 atom stereocenters. The van der Waals surface area contributed by atoms with Crippen LogP contribution in [0.3, 0.4) is 0 Å². The van der Waals surface area contributed by atoms with Gasteiger partial charge in [0.25, 0.3) is 0 Å². The smallest absolute Gasteiger partial charge is 0.416 e. The Hall–Kier alpha value is -3.65. The molecular formula is C26H25F9N2O4. The second kappa shape index (κ2) is 11.3. The first-order chi connectivity index (χ1) is 18.8. The third kappa shape index (κ3) is 6.81. The molecule has 2 aromatic rings. The second-order valence-electron chi connectivity index (χ2n) is 9.64. The van der Waals surface area contributed by atoms with E-state index in [0.717, 1.165) is 18.1 Å². The number of carboxylic acid groups (broad SMARTS) is 1. The number of benzene rings is 2. The molecule has 15 heteroatoms. The molecule has 2 amide bonds. The summed E-state index contributed by atoms with van der Waals surface area (Å²) >= 11 is 0. The van der Waals surface area contributed by atoms with E-state index in [4.69, 9.17) is 4.74 Å². The van der Waals surface area contributed by atoms with Crippen molar-refractivity contribution < 1.29 is 58.9 Å². The van der Waals surface area contributed by atoms with E-state index >= 15 is 0 Å². The molecule has 0 radical (unpaired) electrons. The van der Waals surface area contributed by atoms with Crippen LogP contribution in [0.25, 0.3) is 0 Å². The third-order valence-electron chi connectivity index (χ3n) is 7.06. The lowest BCUT2D eigenvalue weighted by Crippen LogP contribution is -2.50. The van der Waals surface area contributed by atoms with Gasteiger partial charge in [-0.1, -0.05) is 20.3 Å². The van der Waals surface area contributed by atoms with Crippen LogP contribution < -0.4 is 4.90 Å². The van der Waals surface area contributed by atoms with Gasteiger partial charge in [0.1, 0.15) is 0 Å². The normalized spacial score (nSPS) is 18.5. The highest BCUT2D eigenvalue weighted by Gasteiger charge is 2.44. The van der Waals surface area contributed by atoms with E-state index in [9.17, 15) is 54.2 Å². The molecule has 1 unspecified atom stereocenters. The molecule has 1 aliphatic rings. The average Bonchev–Trinajstić information content (AvgIpc) is 2.87. The molecule has 0 bridgehead atoms. The summed E-state index contributed by atoms with van der Waals surface area (Å²) in [6, 6.07) is 0.565. The molecule has 0 saturated heterocycles. The summed E-state index contributed by atoms with van der Waals surface area (Å²) in [7, 11) is 0.883. The van der Waals surface area contributed by atoms with Crippen molar-refractivity contribution in [3.63, 3.8) is 0 Å². The van der Waals surface area contributed by atoms with E-state index in [1.807, 2.05) is 0 Å². The highest BCUT2D eigenvalue weighted by molar-refractivity contribution is 5.89. The minimum absolute atomic E-state index is 0.0960. The van der Waals surface area contributed by atoms with Gasteiger partial charge in [0.05, 0.1) is 35.5 Å². The molecule has 41 heavy (non-hydrogen) atoms. The topological polar surface area (TPSA) is 70.1 Å². The molecule has 226 valence electrons. The number of anilines is 1. The maximum atomic E-state index is 13.6. The lowest BCUT2D eigenvalue weighted by molar-refractivity contribution is -0.143. The Kier molecular flexibility index (Phi) is 8.80. The van der Waals surface area contributed by atoms with Crippen LogP contribution in [0.15, 0.2) is 36.4 Å². The van der Waals surface area contributed by atoms with Gasteiger partial charge >= 0.3 is 30.7 Å².